The number of nitrogens with zero attached hydrogens (tertiary/aromatic N) is 1. The highest BCUT2D eigenvalue weighted by molar-refractivity contribution is 5.90. The van der Waals surface area contributed by atoms with Gasteiger partial charge in [0.15, 0.2) is 0 Å². The van der Waals surface area contributed by atoms with Crippen LogP contribution in [0.4, 0.5) is 0 Å². The molecule has 1 aromatic heterocycles. The Labute approximate surface area is 94.5 Å². The summed E-state index contributed by atoms with van der Waals surface area (Å²) in [6, 6.07) is 1.44. The zero-order chi connectivity index (χ0) is 12.3. The van der Waals surface area contributed by atoms with Gasteiger partial charge in [0.05, 0.1) is 5.56 Å². The van der Waals surface area contributed by atoms with Gasteiger partial charge in [-0.05, 0) is 25.3 Å². The van der Waals surface area contributed by atoms with E-state index in [0.29, 0.717) is 24.2 Å². The summed E-state index contributed by atoms with van der Waals surface area (Å²) in [5.41, 5.74) is 1.33. The number of aryl methyl sites for hydroxylation is 1. The molecule has 88 valence electrons. The van der Waals surface area contributed by atoms with E-state index >= 15 is 0 Å². The summed E-state index contributed by atoms with van der Waals surface area (Å²) in [6.45, 7) is 6.07. The van der Waals surface area contributed by atoms with Crippen molar-refractivity contribution in [2.45, 2.75) is 40.2 Å². The van der Waals surface area contributed by atoms with Crippen molar-refractivity contribution in [2.75, 3.05) is 0 Å². The molecule has 0 bridgehead atoms. The molecule has 16 heavy (non-hydrogen) atoms. The lowest BCUT2D eigenvalue weighted by atomic mass is 10.0. The first-order valence-corrected chi connectivity index (χ1v) is 5.49. The van der Waals surface area contributed by atoms with E-state index in [9.17, 15) is 9.59 Å². The molecule has 4 nitrogen and oxygen atoms in total. The molecule has 1 aromatic rings. The van der Waals surface area contributed by atoms with Gasteiger partial charge >= 0.3 is 5.97 Å². The number of aromatic nitrogens is 1. The van der Waals surface area contributed by atoms with Gasteiger partial charge in [-0.2, -0.15) is 0 Å². The number of hydrogen-bond donors (Lipinski definition) is 1. The molecule has 0 fully saturated rings. The Bertz CT molecular complexity index is 460. The molecule has 0 aliphatic carbocycles. The van der Waals surface area contributed by atoms with Crippen molar-refractivity contribution >= 4 is 5.97 Å². The molecule has 0 aromatic carbocycles. The first-order chi connectivity index (χ1) is 7.52. The summed E-state index contributed by atoms with van der Waals surface area (Å²) in [4.78, 5) is 22.9. The van der Waals surface area contributed by atoms with E-state index < -0.39 is 5.97 Å². The van der Waals surface area contributed by atoms with Crippen LogP contribution in [0.25, 0.3) is 0 Å². The third-order valence-electron chi connectivity index (χ3n) is 2.69. The molecule has 0 unspecified atom stereocenters. The first-order valence-electron chi connectivity index (χ1n) is 5.49. The van der Waals surface area contributed by atoms with Crippen LogP contribution in [0.15, 0.2) is 10.9 Å². The summed E-state index contributed by atoms with van der Waals surface area (Å²) in [6.07, 6.45) is 1.37. The molecular formula is C12H17NO3. The Morgan fingerprint density at radius 2 is 2.06 bits per heavy atom. The molecule has 0 saturated carbocycles. The molecule has 0 aliphatic rings. The smallest absolute Gasteiger partial charge is 0.337 e. The zero-order valence-corrected chi connectivity index (χ0v) is 9.91. The van der Waals surface area contributed by atoms with Crippen molar-refractivity contribution in [2.24, 2.45) is 0 Å². The molecule has 4 heteroatoms. The zero-order valence-electron chi connectivity index (χ0n) is 9.91. The van der Waals surface area contributed by atoms with Gasteiger partial charge in [-0.1, -0.05) is 13.8 Å². The number of rotatable bonds is 4. The van der Waals surface area contributed by atoms with Gasteiger partial charge in [0.25, 0.3) is 5.56 Å². The van der Waals surface area contributed by atoms with Crippen LogP contribution in [-0.2, 0) is 13.0 Å². The van der Waals surface area contributed by atoms with Crippen molar-refractivity contribution in [3.05, 3.63) is 33.2 Å². The van der Waals surface area contributed by atoms with Crippen LogP contribution in [0.2, 0.25) is 0 Å². The standard InChI is InChI=1S/C12H17NO3/c1-4-6-13-8(3)11(12(15)16)9(5-2)7-10(13)14/h7H,4-6H2,1-3H3,(H,15,16). The van der Waals surface area contributed by atoms with Crippen molar-refractivity contribution < 1.29 is 9.90 Å². The van der Waals surface area contributed by atoms with E-state index in [-0.39, 0.29) is 11.1 Å². The Morgan fingerprint density at radius 1 is 1.44 bits per heavy atom. The number of aromatic carboxylic acids is 1. The fourth-order valence-corrected chi connectivity index (χ4v) is 1.90. The molecule has 1 N–H and O–H groups in total. The molecule has 0 saturated heterocycles. The van der Waals surface area contributed by atoms with E-state index in [1.54, 1.807) is 6.92 Å². The molecule has 1 heterocycles. The third-order valence-corrected chi connectivity index (χ3v) is 2.69. The summed E-state index contributed by atoms with van der Waals surface area (Å²) < 4.78 is 1.53. The van der Waals surface area contributed by atoms with E-state index in [2.05, 4.69) is 0 Å². The summed E-state index contributed by atoms with van der Waals surface area (Å²) in [5.74, 6) is -0.959. The lowest BCUT2D eigenvalue weighted by molar-refractivity contribution is 0.0693. The van der Waals surface area contributed by atoms with Crippen LogP contribution in [0.3, 0.4) is 0 Å². The highest BCUT2D eigenvalue weighted by atomic mass is 16.4. The third kappa shape index (κ3) is 2.15. The maximum absolute atomic E-state index is 11.8. The van der Waals surface area contributed by atoms with Crippen LogP contribution >= 0.6 is 0 Å². The molecule has 0 amide bonds. The largest absolute Gasteiger partial charge is 0.478 e. The predicted molar refractivity (Wildman–Crippen MR) is 62.1 cm³/mol. The van der Waals surface area contributed by atoms with Gasteiger partial charge in [-0.25, -0.2) is 4.79 Å². The predicted octanol–water partition coefficient (Wildman–Crippen LogP) is 1.83. The first kappa shape index (κ1) is 12.5. The number of carboxylic acids is 1. The maximum Gasteiger partial charge on any atom is 0.337 e. The van der Waals surface area contributed by atoms with E-state index in [4.69, 9.17) is 5.11 Å². The maximum atomic E-state index is 11.8. The van der Waals surface area contributed by atoms with E-state index in [1.807, 2.05) is 13.8 Å². The summed E-state index contributed by atoms with van der Waals surface area (Å²) in [5, 5.41) is 9.15. The number of hydrogen-bond acceptors (Lipinski definition) is 2. The molecule has 1 rings (SSSR count). The number of pyridine rings is 1. The second-order valence-corrected chi connectivity index (χ2v) is 3.78. The van der Waals surface area contributed by atoms with Crippen LogP contribution < -0.4 is 5.56 Å². The molecule has 0 spiro atoms. The summed E-state index contributed by atoms with van der Waals surface area (Å²) >= 11 is 0. The lowest BCUT2D eigenvalue weighted by Gasteiger charge is -2.14. The minimum atomic E-state index is -0.959. The van der Waals surface area contributed by atoms with E-state index in [1.165, 1.54) is 10.6 Å². The Kier molecular flexibility index (Phi) is 3.88. The van der Waals surface area contributed by atoms with Crippen molar-refractivity contribution in [3.8, 4) is 0 Å². The van der Waals surface area contributed by atoms with Gasteiger partial charge in [0.1, 0.15) is 0 Å². The minimum absolute atomic E-state index is 0.110. The average Bonchev–Trinajstić information content (AvgIpc) is 2.22. The lowest BCUT2D eigenvalue weighted by Crippen LogP contribution is -2.26. The normalized spacial score (nSPS) is 10.4. The fourth-order valence-electron chi connectivity index (χ4n) is 1.90. The monoisotopic (exact) mass is 223 g/mol. The molecular weight excluding hydrogens is 206 g/mol. The topological polar surface area (TPSA) is 59.3 Å². The molecule has 0 aliphatic heterocycles. The van der Waals surface area contributed by atoms with Gasteiger partial charge in [0, 0.05) is 18.3 Å². The fraction of sp³-hybridized carbons (Fsp3) is 0.500. The minimum Gasteiger partial charge on any atom is -0.478 e. The second kappa shape index (κ2) is 4.96. The van der Waals surface area contributed by atoms with Crippen molar-refractivity contribution in [1.82, 2.24) is 4.57 Å². The SMILES string of the molecule is CCCn1c(C)c(C(=O)O)c(CC)cc1=O. The van der Waals surface area contributed by atoms with Crippen LogP contribution in [0.5, 0.6) is 0 Å². The van der Waals surface area contributed by atoms with Gasteiger partial charge < -0.3 is 9.67 Å². The Balaban J connectivity index is 3.51. The van der Waals surface area contributed by atoms with Crippen LogP contribution in [-0.4, -0.2) is 15.6 Å². The Morgan fingerprint density at radius 3 is 2.50 bits per heavy atom. The highest BCUT2D eigenvalue weighted by Gasteiger charge is 2.16. The molecule has 0 radical (unpaired) electrons. The van der Waals surface area contributed by atoms with E-state index in [0.717, 1.165) is 6.42 Å². The van der Waals surface area contributed by atoms with Crippen LogP contribution in [0.1, 0.15) is 41.9 Å². The van der Waals surface area contributed by atoms with Gasteiger partial charge in [-0.3, -0.25) is 4.79 Å². The highest BCUT2D eigenvalue weighted by Crippen LogP contribution is 2.13. The average molecular weight is 223 g/mol. The quantitative estimate of drug-likeness (QED) is 0.847. The Hall–Kier alpha value is -1.58. The van der Waals surface area contributed by atoms with Gasteiger partial charge in [-0.15, -0.1) is 0 Å². The second-order valence-electron chi connectivity index (χ2n) is 3.78. The molecule has 0 atom stereocenters. The van der Waals surface area contributed by atoms with Crippen molar-refractivity contribution in [1.29, 1.82) is 0 Å². The summed E-state index contributed by atoms with van der Waals surface area (Å²) in [7, 11) is 0. The number of carboxylic acid groups (broad SMARTS) is 1. The number of carbonyl (C=O) groups is 1. The van der Waals surface area contributed by atoms with Crippen LogP contribution in [0, 0.1) is 6.92 Å². The van der Waals surface area contributed by atoms with Crippen molar-refractivity contribution in [3.63, 3.8) is 0 Å². The van der Waals surface area contributed by atoms with Gasteiger partial charge in [0.2, 0.25) is 0 Å².